The summed E-state index contributed by atoms with van der Waals surface area (Å²) in [6, 6.07) is 14.1. The number of rotatable bonds is 4. The average molecular weight is 725 g/mol. The molecule has 0 aliphatic heterocycles. The molecule has 46 heavy (non-hydrogen) atoms. The van der Waals surface area contributed by atoms with Crippen LogP contribution in [0.25, 0.3) is 0 Å². The van der Waals surface area contributed by atoms with Crippen molar-refractivity contribution >= 4 is 46.4 Å². The van der Waals surface area contributed by atoms with E-state index in [-0.39, 0.29) is 0 Å². The Kier molecular flexibility index (Phi) is 8.13. The van der Waals surface area contributed by atoms with Gasteiger partial charge in [0.15, 0.2) is 15.7 Å². The highest BCUT2D eigenvalue weighted by Gasteiger charge is 3.01. The van der Waals surface area contributed by atoms with Crippen molar-refractivity contribution in [2.24, 2.45) is 0 Å². The zero-order chi connectivity index (χ0) is 34.0. The Morgan fingerprint density at radius 2 is 1.11 bits per heavy atom. The largest absolute Gasteiger partial charge is 0.403 e. The van der Waals surface area contributed by atoms with Gasteiger partial charge in [-0.3, -0.25) is 9.97 Å². The van der Waals surface area contributed by atoms with Crippen LogP contribution in [-0.4, -0.2) is 32.3 Å². The molecule has 1 aliphatic rings. The summed E-state index contributed by atoms with van der Waals surface area (Å²) >= 11 is 26.2. The Bertz CT molecular complexity index is 1790. The van der Waals surface area contributed by atoms with Crippen molar-refractivity contribution < 1.29 is 35.1 Å². The Morgan fingerprint density at radius 1 is 0.630 bits per heavy atom. The van der Waals surface area contributed by atoms with Crippen molar-refractivity contribution in [3.8, 4) is 6.07 Å². The summed E-state index contributed by atoms with van der Waals surface area (Å²) in [5.41, 5.74) is -20.6. The molecule has 0 saturated heterocycles. The lowest BCUT2D eigenvalue weighted by molar-refractivity contribution is -0.337. The molecule has 5 rings (SSSR count). The quantitative estimate of drug-likeness (QED) is 0.156. The van der Waals surface area contributed by atoms with E-state index >= 15 is 35.1 Å². The lowest BCUT2D eigenvalue weighted by Crippen LogP contribution is -2.89. The predicted molar refractivity (Wildman–Crippen MR) is 156 cm³/mol. The molecule has 0 N–H and O–H groups in total. The third-order valence-corrected chi connectivity index (χ3v) is 10.8. The number of pyridine rings is 2. The van der Waals surface area contributed by atoms with Crippen molar-refractivity contribution in [2.75, 3.05) is 0 Å². The number of nitrogens with zero attached hydrogens (tertiary/aromatic N) is 3. The van der Waals surface area contributed by atoms with Crippen LogP contribution in [-0.2, 0) is 21.4 Å². The van der Waals surface area contributed by atoms with Crippen molar-refractivity contribution in [2.45, 2.75) is 43.7 Å². The molecule has 6 unspecified atom stereocenters. The number of aromatic nitrogens is 2. The van der Waals surface area contributed by atoms with Gasteiger partial charge in [-0.05, 0) is 41.5 Å². The fourth-order valence-corrected chi connectivity index (χ4v) is 8.81. The minimum atomic E-state index is -6.45. The summed E-state index contributed by atoms with van der Waals surface area (Å²) < 4.78 is 136. The van der Waals surface area contributed by atoms with E-state index in [2.05, 4.69) is 9.97 Å². The second kappa shape index (κ2) is 10.9. The Balaban J connectivity index is 2.30. The van der Waals surface area contributed by atoms with E-state index < -0.39 is 71.3 Å². The van der Waals surface area contributed by atoms with Crippen LogP contribution in [0.15, 0.2) is 103 Å². The number of hydrogen-bond donors (Lipinski definition) is 0. The summed E-state index contributed by atoms with van der Waals surface area (Å²) in [6.07, 6.45) is -11.4. The second-order valence-corrected chi connectivity index (χ2v) is 12.5. The highest BCUT2D eigenvalue weighted by atomic mass is 35.5. The van der Waals surface area contributed by atoms with Gasteiger partial charge in [-0.2, -0.15) is 31.6 Å². The van der Waals surface area contributed by atoms with Crippen LogP contribution in [0, 0.1) is 11.3 Å². The van der Waals surface area contributed by atoms with Gasteiger partial charge >= 0.3 is 12.4 Å². The third-order valence-electron chi connectivity index (χ3n) is 8.46. The van der Waals surface area contributed by atoms with Crippen molar-refractivity contribution in [3.05, 3.63) is 131 Å². The standard InChI is InChI=1S/C31H17Cl4F8N3/c32-21-13-5-4-12-20(21)25(30(38,39)40)24(33,18-44)28(36,23-15-7-9-17-46-23)29(35,37)27(34,19-10-2-1-3-11-19)26(25,31(41,42)43)22-14-6-8-16-45-22/h1-17H. The molecule has 2 heterocycles. The van der Waals surface area contributed by atoms with E-state index in [1.165, 1.54) is 6.07 Å². The SMILES string of the molecule is N#CC1(Cl)C(F)(c2ccccn2)C(F)(Cl)C(Cl)(c2ccccc2)C(c2ccccn2)(C(F)(F)F)C1(c1ccccc1Cl)C(F)(F)F. The summed E-state index contributed by atoms with van der Waals surface area (Å²) in [5.74, 6) is 0. The topological polar surface area (TPSA) is 49.6 Å². The number of nitriles is 1. The Labute approximate surface area is 276 Å². The second-order valence-electron chi connectivity index (χ2n) is 10.4. The molecule has 240 valence electrons. The summed E-state index contributed by atoms with van der Waals surface area (Å²) in [7, 11) is 0. The van der Waals surface area contributed by atoms with Crippen LogP contribution in [0.3, 0.4) is 0 Å². The normalized spacial score (nSPS) is 33.3. The Morgan fingerprint density at radius 3 is 1.57 bits per heavy atom. The van der Waals surface area contributed by atoms with Crippen LogP contribution >= 0.6 is 46.4 Å². The molecule has 1 saturated carbocycles. The van der Waals surface area contributed by atoms with Crippen molar-refractivity contribution in [1.82, 2.24) is 9.97 Å². The van der Waals surface area contributed by atoms with Gasteiger partial charge in [0, 0.05) is 17.4 Å². The number of halogens is 12. The van der Waals surface area contributed by atoms with Gasteiger partial charge in [0.25, 0.3) is 0 Å². The van der Waals surface area contributed by atoms with E-state index in [9.17, 15) is 5.26 Å². The molecule has 1 aliphatic carbocycles. The molecule has 3 nitrogen and oxygen atoms in total. The molecule has 4 aromatic rings. The van der Waals surface area contributed by atoms with Gasteiger partial charge < -0.3 is 0 Å². The molecule has 1 fully saturated rings. The Hall–Kier alpha value is -3.17. The molecular formula is C31H17Cl4F8N3. The maximum Gasteiger partial charge on any atom is 0.403 e. The zero-order valence-corrected chi connectivity index (χ0v) is 25.7. The van der Waals surface area contributed by atoms with E-state index in [1.54, 1.807) is 0 Å². The average Bonchev–Trinajstić information content (AvgIpc) is 3.02. The maximum atomic E-state index is 18.5. The smallest absolute Gasteiger partial charge is 0.260 e. The van der Waals surface area contributed by atoms with Crippen molar-refractivity contribution in [3.63, 3.8) is 0 Å². The van der Waals surface area contributed by atoms with Crippen molar-refractivity contribution in [1.29, 1.82) is 5.26 Å². The minimum absolute atomic E-state index is 0.480. The fourth-order valence-electron chi connectivity index (χ4n) is 6.81. The molecule has 0 amide bonds. The molecule has 2 aromatic carbocycles. The molecule has 0 bridgehead atoms. The number of alkyl halides is 11. The monoisotopic (exact) mass is 723 g/mol. The van der Waals surface area contributed by atoms with Crippen LogP contribution in [0.4, 0.5) is 35.1 Å². The predicted octanol–water partition coefficient (Wildman–Crippen LogP) is 9.85. The minimum Gasteiger partial charge on any atom is -0.260 e. The first-order valence-electron chi connectivity index (χ1n) is 13.0. The number of benzene rings is 2. The van der Waals surface area contributed by atoms with E-state index in [0.717, 1.165) is 79.0 Å². The van der Waals surface area contributed by atoms with Gasteiger partial charge in [-0.1, -0.05) is 95.5 Å². The van der Waals surface area contributed by atoms with E-state index in [1.807, 2.05) is 0 Å². The zero-order valence-electron chi connectivity index (χ0n) is 22.7. The van der Waals surface area contributed by atoms with Gasteiger partial charge in [0.05, 0.1) is 17.5 Å². The molecule has 0 spiro atoms. The van der Waals surface area contributed by atoms with Gasteiger partial charge in [-0.25, -0.2) is 8.78 Å². The first-order chi connectivity index (χ1) is 21.4. The summed E-state index contributed by atoms with van der Waals surface area (Å²) in [6.45, 7) is 0. The fraction of sp³-hybridized carbons (Fsp3) is 0.258. The first kappa shape index (κ1) is 34.2. The molecule has 15 heteroatoms. The molecule has 2 aromatic heterocycles. The van der Waals surface area contributed by atoms with Crippen LogP contribution in [0.2, 0.25) is 5.02 Å². The summed E-state index contributed by atoms with van der Waals surface area (Å²) in [5, 5.41) is 4.75. The lowest BCUT2D eigenvalue weighted by atomic mass is 9.38. The molecule has 0 radical (unpaired) electrons. The maximum absolute atomic E-state index is 18.5. The first-order valence-corrected chi connectivity index (χ1v) is 14.5. The molecule has 6 atom stereocenters. The van der Waals surface area contributed by atoms with E-state index in [0.29, 0.717) is 24.4 Å². The highest BCUT2D eigenvalue weighted by Crippen LogP contribution is 2.84. The van der Waals surface area contributed by atoms with E-state index in [4.69, 9.17) is 46.4 Å². The van der Waals surface area contributed by atoms with Crippen LogP contribution in [0.5, 0.6) is 0 Å². The van der Waals surface area contributed by atoms with Gasteiger partial charge in [0.1, 0.15) is 4.87 Å². The van der Waals surface area contributed by atoms with Gasteiger partial charge in [0.2, 0.25) is 10.8 Å². The highest BCUT2D eigenvalue weighted by molar-refractivity contribution is 6.39. The summed E-state index contributed by atoms with van der Waals surface area (Å²) in [4.78, 5) is -1.86. The van der Waals surface area contributed by atoms with Gasteiger partial charge in [-0.15, -0.1) is 11.6 Å². The van der Waals surface area contributed by atoms with Crippen LogP contribution in [0.1, 0.15) is 22.5 Å². The lowest BCUT2D eigenvalue weighted by Gasteiger charge is -2.70. The van der Waals surface area contributed by atoms with Crippen LogP contribution < -0.4 is 0 Å². The molecular weight excluding hydrogens is 708 g/mol. The number of hydrogen-bond acceptors (Lipinski definition) is 3. The third kappa shape index (κ3) is 3.78.